The molecule has 0 unspecified atom stereocenters. The topological polar surface area (TPSA) is 96.0 Å². The molecular formula is C42H28Cl2O7. The maximum absolute atomic E-state index is 13.4. The van der Waals surface area contributed by atoms with E-state index in [2.05, 4.69) is 0 Å². The van der Waals surface area contributed by atoms with Crippen LogP contribution in [0.1, 0.15) is 64.8 Å². The van der Waals surface area contributed by atoms with Crippen LogP contribution in [0.3, 0.4) is 0 Å². The van der Waals surface area contributed by atoms with Crippen molar-refractivity contribution in [2.45, 2.75) is 12.2 Å². The molecule has 0 aromatic heterocycles. The summed E-state index contributed by atoms with van der Waals surface area (Å²) < 4.78 is 17.4. The van der Waals surface area contributed by atoms with Crippen molar-refractivity contribution in [3.05, 3.63) is 201 Å². The third-order valence-corrected chi connectivity index (χ3v) is 8.31. The molecule has 0 aliphatic carbocycles. The van der Waals surface area contributed by atoms with E-state index in [0.29, 0.717) is 43.8 Å². The van der Waals surface area contributed by atoms with Crippen LogP contribution in [0.5, 0.6) is 11.5 Å². The van der Waals surface area contributed by atoms with Crippen molar-refractivity contribution in [3.63, 3.8) is 0 Å². The first-order valence-corrected chi connectivity index (χ1v) is 16.5. The third kappa shape index (κ3) is 8.78. The van der Waals surface area contributed by atoms with Crippen LogP contribution in [0.4, 0.5) is 0 Å². The van der Waals surface area contributed by atoms with Crippen LogP contribution < -0.4 is 4.74 Å². The van der Waals surface area contributed by atoms with Crippen LogP contribution in [0.2, 0.25) is 10.0 Å². The molecule has 0 amide bonds. The van der Waals surface area contributed by atoms with Gasteiger partial charge in [0.05, 0.1) is 11.1 Å². The molecule has 2 atom stereocenters. The van der Waals surface area contributed by atoms with Crippen molar-refractivity contribution < 1.29 is 33.4 Å². The number of rotatable bonds is 12. The highest BCUT2D eigenvalue weighted by Gasteiger charge is 2.28. The van der Waals surface area contributed by atoms with Crippen molar-refractivity contribution in [2.24, 2.45) is 0 Å². The summed E-state index contributed by atoms with van der Waals surface area (Å²) in [5, 5.41) is 0.971. The lowest BCUT2D eigenvalue weighted by Gasteiger charge is -2.18. The van der Waals surface area contributed by atoms with E-state index in [1.807, 2.05) is 0 Å². The van der Waals surface area contributed by atoms with Crippen LogP contribution in [-0.2, 0) is 9.47 Å². The summed E-state index contributed by atoms with van der Waals surface area (Å²) >= 11 is 12.1. The summed E-state index contributed by atoms with van der Waals surface area (Å²) in [7, 11) is 0. The SMILES string of the molecule is O=C(O[C@@H](C(=O)c1ccccc1)c1ccc(Cl)cc1)c1ccc(Oc2ccc(C(=O)O[C@@H](C(=O)c3ccccc3)c3ccc(Cl)cc3)cc2)cc1. The molecule has 0 aliphatic heterocycles. The minimum atomic E-state index is -1.18. The average Bonchev–Trinajstić information content (AvgIpc) is 3.17. The summed E-state index contributed by atoms with van der Waals surface area (Å²) in [6.07, 6.45) is -2.37. The number of hydrogen-bond donors (Lipinski definition) is 0. The van der Waals surface area contributed by atoms with Crippen LogP contribution in [0.15, 0.2) is 158 Å². The normalized spacial score (nSPS) is 11.9. The lowest BCUT2D eigenvalue weighted by atomic mass is 9.99. The Morgan fingerprint density at radius 3 is 1.06 bits per heavy atom. The molecule has 6 aromatic rings. The predicted molar refractivity (Wildman–Crippen MR) is 194 cm³/mol. The lowest BCUT2D eigenvalue weighted by molar-refractivity contribution is 0.0278. The molecule has 0 bridgehead atoms. The zero-order valence-electron chi connectivity index (χ0n) is 26.8. The maximum atomic E-state index is 13.4. The van der Waals surface area contributed by atoms with Crippen LogP contribution >= 0.6 is 23.2 Å². The number of ether oxygens (including phenoxy) is 3. The molecule has 7 nitrogen and oxygen atoms in total. The fourth-order valence-electron chi connectivity index (χ4n) is 5.13. The summed E-state index contributed by atoms with van der Waals surface area (Å²) in [5.41, 5.74) is 2.18. The maximum Gasteiger partial charge on any atom is 0.339 e. The molecule has 0 spiro atoms. The van der Waals surface area contributed by atoms with Gasteiger partial charge in [0.25, 0.3) is 0 Å². The summed E-state index contributed by atoms with van der Waals surface area (Å²) in [6.45, 7) is 0. The highest BCUT2D eigenvalue weighted by atomic mass is 35.5. The van der Waals surface area contributed by atoms with E-state index in [0.717, 1.165) is 0 Å². The van der Waals surface area contributed by atoms with Gasteiger partial charge >= 0.3 is 11.9 Å². The van der Waals surface area contributed by atoms with Gasteiger partial charge in [-0.1, -0.05) is 108 Å². The van der Waals surface area contributed by atoms with Gasteiger partial charge in [-0.2, -0.15) is 0 Å². The number of halogens is 2. The smallest absolute Gasteiger partial charge is 0.339 e. The van der Waals surface area contributed by atoms with E-state index in [9.17, 15) is 19.2 Å². The van der Waals surface area contributed by atoms with E-state index in [-0.39, 0.29) is 22.7 Å². The first-order valence-electron chi connectivity index (χ1n) is 15.7. The van der Waals surface area contributed by atoms with Crippen LogP contribution in [0, 0.1) is 0 Å². The highest BCUT2D eigenvalue weighted by molar-refractivity contribution is 6.30. The Labute approximate surface area is 303 Å². The molecule has 252 valence electrons. The second kappa shape index (κ2) is 16.1. The van der Waals surface area contributed by atoms with Gasteiger partial charge in [0, 0.05) is 32.3 Å². The minimum absolute atomic E-state index is 0.209. The number of carbonyl (C=O) groups excluding carboxylic acids is 4. The Kier molecular flexibility index (Phi) is 11.0. The molecule has 6 rings (SSSR count). The highest BCUT2D eigenvalue weighted by Crippen LogP contribution is 2.29. The Morgan fingerprint density at radius 1 is 0.392 bits per heavy atom. The molecule has 0 radical (unpaired) electrons. The predicted octanol–water partition coefficient (Wildman–Crippen LogP) is 10.3. The van der Waals surface area contributed by atoms with E-state index in [1.165, 1.54) is 24.3 Å². The van der Waals surface area contributed by atoms with E-state index in [1.54, 1.807) is 133 Å². The molecule has 0 heterocycles. The third-order valence-electron chi connectivity index (χ3n) is 7.80. The van der Waals surface area contributed by atoms with Crippen LogP contribution in [0.25, 0.3) is 0 Å². The second-order valence-electron chi connectivity index (χ2n) is 11.3. The average molecular weight is 716 g/mol. The molecule has 6 aromatic carbocycles. The number of benzene rings is 6. The Morgan fingerprint density at radius 2 is 0.725 bits per heavy atom. The molecule has 0 N–H and O–H groups in total. The number of Topliss-reactive ketones (excluding diaryl/α,β-unsaturated/α-hetero) is 2. The van der Waals surface area contributed by atoms with Gasteiger partial charge < -0.3 is 14.2 Å². The number of esters is 2. The Hall–Kier alpha value is -6.02. The molecule has 9 heteroatoms. The minimum Gasteiger partial charge on any atom is -0.457 e. The number of carbonyl (C=O) groups is 4. The second-order valence-corrected chi connectivity index (χ2v) is 12.2. The van der Waals surface area contributed by atoms with Crippen LogP contribution in [-0.4, -0.2) is 23.5 Å². The molecule has 0 fully saturated rings. The largest absolute Gasteiger partial charge is 0.457 e. The van der Waals surface area contributed by atoms with Gasteiger partial charge in [0.2, 0.25) is 11.6 Å². The first-order chi connectivity index (χ1) is 24.7. The van der Waals surface area contributed by atoms with Gasteiger partial charge in [-0.3, -0.25) is 9.59 Å². The first kappa shape index (κ1) is 34.8. The summed E-state index contributed by atoms with van der Waals surface area (Å²) in [6, 6.07) is 42.7. The van der Waals surface area contributed by atoms with Gasteiger partial charge in [0.15, 0.2) is 12.2 Å². The van der Waals surface area contributed by atoms with Gasteiger partial charge in [-0.15, -0.1) is 0 Å². The standard InChI is InChI=1S/C42H28Cl2O7/c43-33-19-11-29(12-20-33)39(37(45)27-7-3-1-4-8-27)50-41(47)31-15-23-35(24-16-31)49-36-25-17-32(18-26-36)42(48)51-40(30-13-21-34(44)22-14-30)38(46)28-9-5-2-6-10-28/h1-26,39-40H/t39-,40-/m1/s1. The van der Waals surface area contributed by atoms with Gasteiger partial charge in [0.1, 0.15) is 11.5 Å². The van der Waals surface area contributed by atoms with E-state index < -0.39 is 24.1 Å². The molecule has 0 saturated carbocycles. The summed E-state index contributed by atoms with van der Waals surface area (Å²) in [4.78, 5) is 53.1. The fraction of sp³-hybridized carbons (Fsp3) is 0.0476. The Balaban J connectivity index is 1.12. The van der Waals surface area contributed by atoms with E-state index in [4.69, 9.17) is 37.4 Å². The van der Waals surface area contributed by atoms with Crippen molar-refractivity contribution in [3.8, 4) is 11.5 Å². The molecule has 0 aliphatic rings. The molecule has 51 heavy (non-hydrogen) atoms. The number of hydrogen-bond acceptors (Lipinski definition) is 7. The quantitative estimate of drug-likeness (QED) is 0.0919. The molecule has 0 saturated heterocycles. The van der Waals surface area contributed by atoms with Crippen molar-refractivity contribution in [2.75, 3.05) is 0 Å². The monoisotopic (exact) mass is 714 g/mol. The Bertz CT molecular complexity index is 1980. The van der Waals surface area contributed by atoms with Crippen molar-refractivity contribution in [1.82, 2.24) is 0 Å². The van der Waals surface area contributed by atoms with Crippen molar-refractivity contribution >= 4 is 46.7 Å². The zero-order chi connectivity index (χ0) is 35.7. The fourth-order valence-corrected chi connectivity index (χ4v) is 5.38. The lowest BCUT2D eigenvalue weighted by Crippen LogP contribution is -2.20. The molecular weight excluding hydrogens is 687 g/mol. The summed E-state index contributed by atoms with van der Waals surface area (Å²) in [5.74, 6) is -1.32. The van der Waals surface area contributed by atoms with Crippen molar-refractivity contribution in [1.29, 1.82) is 0 Å². The zero-order valence-corrected chi connectivity index (χ0v) is 28.3. The van der Waals surface area contributed by atoms with E-state index >= 15 is 0 Å². The van der Waals surface area contributed by atoms with Gasteiger partial charge in [-0.05, 0) is 72.8 Å². The van der Waals surface area contributed by atoms with Gasteiger partial charge in [-0.25, -0.2) is 9.59 Å². The number of ketones is 2.